The lowest BCUT2D eigenvalue weighted by Crippen LogP contribution is -2.34. The second-order valence-corrected chi connectivity index (χ2v) is 4.98. The number of hydrogen-bond acceptors (Lipinski definition) is 4. The quantitative estimate of drug-likeness (QED) is 0.843. The van der Waals surface area contributed by atoms with E-state index in [4.69, 9.17) is 17.3 Å². The van der Waals surface area contributed by atoms with Crippen LogP contribution in [0.5, 0.6) is 0 Å². The number of piperidine rings is 1. The molecular weight excluding hydrogens is 236 g/mol. The van der Waals surface area contributed by atoms with Gasteiger partial charge in [0.25, 0.3) is 0 Å². The summed E-state index contributed by atoms with van der Waals surface area (Å²) in [5, 5.41) is 0.352. The van der Waals surface area contributed by atoms with Crippen LogP contribution in [0.3, 0.4) is 0 Å². The number of halogens is 1. The Balaban J connectivity index is 2.03. The van der Waals surface area contributed by atoms with Crippen LogP contribution in [0.1, 0.15) is 32.6 Å². The topological polar surface area (TPSA) is 55.0 Å². The van der Waals surface area contributed by atoms with Gasteiger partial charge >= 0.3 is 0 Å². The van der Waals surface area contributed by atoms with E-state index in [1.165, 1.54) is 32.0 Å². The third kappa shape index (κ3) is 2.80. The van der Waals surface area contributed by atoms with Crippen molar-refractivity contribution in [3.05, 3.63) is 11.5 Å². The summed E-state index contributed by atoms with van der Waals surface area (Å²) < 4.78 is 0. The van der Waals surface area contributed by atoms with Crippen LogP contribution in [0.4, 0.5) is 11.5 Å². The summed E-state index contributed by atoms with van der Waals surface area (Å²) in [6, 6.07) is 0. The third-order valence-electron chi connectivity index (χ3n) is 3.43. The Labute approximate surface area is 107 Å². The molecule has 0 bridgehead atoms. The zero-order valence-corrected chi connectivity index (χ0v) is 11.0. The lowest BCUT2D eigenvalue weighted by molar-refractivity contribution is 0.377. The molecule has 1 saturated heterocycles. The van der Waals surface area contributed by atoms with E-state index in [-0.39, 0.29) is 0 Å². The first kappa shape index (κ1) is 12.4. The zero-order valence-electron chi connectivity index (χ0n) is 10.2. The highest BCUT2D eigenvalue weighted by Crippen LogP contribution is 2.30. The van der Waals surface area contributed by atoms with Crippen LogP contribution >= 0.6 is 11.6 Å². The van der Waals surface area contributed by atoms with Crippen molar-refractivity contribution in [2.24, 2.45) is 5.92 Å². The van der Waals surface area contributed by atoms with E-state index in [2.05, 4.69) is 21.8 Å². The maximum absolute atomic E-state index is 5.91. The van der Waals surface area contributed by atoms with Gasteiger partial charge in [-0.25, -0.2) is 9.97 Å². The average Bonchev–Trinajstić information content (AvgIpc) is 2.34. The van der Waals surface area contributed by atoms with E-state index in [9.17, 15) is 0 Å². The van der Waals surface area contributed by atoms with Crippen molar-refractivity contribution in [2.45, 2.75) is 32.6 Å². The fourth-order valence-corrected chi connectivity index (χ4v) is 2.59. The number of hydrogen-bond donors (Lipinski definition) is 1. The maximum Gasteiger partial charge on any atom is 0.157 e. The van der Waals surface area contributed by atoms with Gasteiger partial charge in [0, 0.05) is 13.1 Å². The first-order valence-electron chi connectivity index (χ1n) is 6.23. The largest absolute Gasteiger partial charge is 0.393 e. The molecule has 17 heavy (non-hydrogen) atoms. The molecule has 1 aromatic rings. The molecule has 0 atom stereocenters. The molecule has 2 heterocycles. The Kier molecular flexibility index (Phi) is 4.05. The van der Waals surface area contributed by atoms with Gasteiger partial charge in [0.15, 0.2) is 11.0 Å². The minimum Gasteiger partial charge on any atom is -0.393 e. The Bertz CT molecular complexity index is 375. The summed E-state index contributed by atoms with van der Waals surface area (Å²) in [7, 11) is 0. The Morgan fingerprint density at radius 3 is 2.76 bits per heavy atom. The van der Waals surface area contributed by atoms with Gasteiger partial charge in [-0.15, -0.1) is 0 Å². The van der Waals surface area contributed by atoms with Crippen molar-refractivity contribution in [3.63, 3.8) is 0 Å². The van der Waals surface area contributed by atoms with Gasteiger partial charge in [0.05, 0.1) is 0 Å². The van der Waals surface area contributed by atoms with Crippen LogP contribution in [0.25, 0.3) is 0 Å². The highest BCUT2D eigenvalue weighted by molar-refractivity contribution is 6.32. The molecule has 0 spiro atoms. The highest BCUT2D eigenvalue weighted by Gasteiger charge is 2.21. The van der Waals surface area contributed by atoms with Crippen molar-refractivity contribution in [1.82, 2.24) is 9.97 Å². The Hall–Kier alpha value is -1.03. The molecule has 0 amide bonds. The van der Waals surface area contributed by atoms with Crippen LogP contribution in [0.2, 0.25) is 5.15 Å². The van der Waals surface area contributed by atoms with E-state index in [1.54, 1.807) is 0 Å². The molecule has 2 N–H and O–H groups in total. The lowest BCUT2D eigenvalue weighted by atomic mass is 9.92. The molecule has 2 rings (SSSR count). The van der Waals surface area contributed by atoms with Crippen LogP contribution < -0.4 is 10.6 Å². The van der Waals surface area contributed by atoms with Crippen molar-refractivity contribution in [3.8, 4) is 0 Å². The maximum atomic E-state index is 5.91. The summed E-state index contributed by atoms with van der Waals surface area (Å²) in [4.78, 5) is 10.3. The molecular formula is C12H19ClN4. The lowest BCUT2D eigenvalue weighted by Gasteiger charge is -2.33. The first-order valence-corrected chi connectivity index (χ1v) is 6.61. The van der Waals surface area contributed by atoms with Gasteiger partial charge in [0.2, 0.25) is 0 Å². The van der Waals surface area contributed by atoms with Gasteiger partial charge in [-0.1, -0.05) is 31.4 Å². The van der Waals surface area contributed by atoms with Crippen molar-refractivity contribution in [2.75, 3.05) is 23.7 Å². The predicted molar refractivity (Wildman–Crippen MR) is 71.3 cm³/mol. The van der Waals surface area contributed by atoms with Crippen LogP contribution in [0.15, 0.2) is 6.33 Å². The van der Waals surface area contributed by atoms with Crippen molar-refractivity contribution < 1.29 is 0 Å². The van der Waals surface area contributed by atoms with Gasteiger partial charge in [0.1, 0.15) is 12.0 Å². The molecule has 1 aromatic heterocycles. The van der Waals surface area contributed by atoms with Crippen LogP contribution in [-0.2, 0) is 0 Å². The fourth-order valence-electron chi connectivity index (χ4n) is 2.46. The second kappa shape index (κ2) is 5.54. The Morgan fingerprint density at radius 1 is 1.41 bits per heavy atom. The van der Waals surface area contributed by atoms with Gasteiger partial charge < -0.3 is 10.6 Å². The van der Waals surface area contributed by atoms with E-state index >= 15 is 0 Å². The number of nitrogens with two attached hydrogens (primary N) is 1. The minimum absolute atomic E-state index is 0.352. The SMILES string of the molecule is CCCC1CCN(c2ncnc(Cl)c2N)CC1. The number of rotatable bonds is 3. The molecule has 1 fully saturated rings. The third-order valence-corrected chi connectivity index (χ3v) is 3.73. The molecule has 0 aliphatic carbocycles. The zero-order chi connectivity index (χ0) is 12.3. The number of nitrogen functional groups attached to an aromatic ring is 1. The number of aromatic nitrogens is 2. The molecule has 1 aliphatic heterocycles. The number of nitrogens with zero attached hydrogens (tertiary/aromatic N) is 3. The summed E-state index contributed by atoms with van der Waals surface area (Å²) >= 11 is 5.91. The van der Waals surface area contributed by atoms with E-state index < -0.39 is 0 Å². The predicted octanol–water partition coefficient (Wildman–Crippen LogP) is 2.73. The normalized spacial score (nSPS) is 17.4. The molecule has 0 radical (unpaired) electrons. The summed E-state index contributed by atoms with van der Waals surface area (Å²) in [5.41, 5.74) is 6.41. The van der Waals surface area contributed by atoms with E-state index in [0.29, 0.717) is 10.8 Å². The van der Waals surface area contributed by atoms with E-state index in [0.717, 1.165) is 24.8 Å². The van der Waals surface area contributed by atoms with Gasteiger partial charge in [-0.2, -0.15) is 0 Å². The highest BCUT2D eigenvalue weighted by atomic mass is 35.5. The molecule has 0 aromatic carbocycles. The fraction of sp³-hybridized carbons (Fsp3) is 0.667. The van der Waals surface area contributed by atoms with Crippen LogP contribution in [0, 0.1) is 5.92 Å². The van der Waals surface area contributed by atoms with Gasteiger partial charge in [-0.05, 0) is 18.8 Å². The first-order chi connectivity index (χ1) is 8.22. The number of anilines is 2. The standard InChI is InChI=1S/C12H19ClN4/c1-2-3-9-4-6-17(7-5-9)12-10(14)11(13)15-8-16-12/h8-9H,2-7,14H2,1H3. The summed E-state index contributed by atoms with van der Waals surface area (Å²) in [6.45, 7) is 4.28. The van der Waals surface area contributed by atoms with E-state index in [1.807, 2.05) is 0 Å². The summed E-state index contributed by atoms with van der Waals surface area (Å²) in [5.74, 6) is 1.65. The monoisotopic (exact) mass is 254 g/mol. The van der Waals surface area contributed by atoms with Crippen LogP contribution in [-0.4, -0.2) is 23.1 Å². The van der Waals surface area contributed by atoms with Crippen molar-refractivity contribution in [1.29, 1.82) is 0 Å². The summed E-state index contributed by atoms with van der Waals surface area (Å²) in [6.07, 6.45) is 6.51. The average molecular weight is 255 g/mol. The molecule has 0 unspecified atom stereocenters. The molecule has 0 saturated carbocycles. The Morgan fingerprint density at radius 2 is 2.12 bits per heavy atom. The molecule has 4 nitrogen and oxygen atoms in total. The minimum atomic E-state index is 0.352. The molecule has 1 aliphatic rings. The smallest absolute Gasteiger partial charge is 0.157 e. The molecule has 5 heteroatoms. The van der Waals surface area contributed by atoms with Gasteiger partial charge in [-0.3, -0.25) is 0 Å². The molecule has 94 valence electrons. The second-order valence-electron chi connectivity index (χ2n) is 4.62. The van der Waals surface area contributed by atoms with Crippen molar-refractivity contribution >= 4 is 23.1 Å².